The lowest BCUT2D eigenvalue weighted by Gasteiger charge is -2.23. The largest absolute Gasteiger partial charge is 0.496 e. The summed E-state index contributed by atoms with van der Waals surface area (Å²) in [5.74, 6) is 0.549. The second-order valence-electron chi connectivity index (χ2n) is 5.02. The molecule has 0 heterocycles. The number of benzene rings is 2. The van der Waals surface area contributed by atoms with Gasteiger partial charge in [0, 0.05) is 19.6 Å². The molecule has 0 radical (unpaired) electrons. The Balaban J connectivity index is 2.11. The smallest absolute Gasteiger partial charge is 0.257 e. The zero-order valence-electron chi connectivity index (χ0n) is 12.9. The van der Waals surface area contributed by atoms with Crippen molar-refractivity contribution in [2.45, 2.75) is 6.42 Å². The van der Waals surface area contributed by atoms with E-state index in [1.807, 2.05) is 30.3 Å². The third kappa shape index (κ3) is 4.09. The van der Waals surface area contributed by atoms with Gasteiger partial charge in [0.05, 0.1) is 12.7 Å². The van der Waals surface area contributed by atoms with Crippen LogP contribution in [0.2, 0.25) is 0 Å². The predicted molar refractivity (Wildman–Crippen MR) is 88.1 cm³/mol. The molecule has 2 aromatic rings. The number of hydrogen-bond donors (Lipinski definition) is 1. The summed E-state index contributed by atoms with van der Waals surface area (Å²) in [7, 11) is 1.57. The first-order valence-corrected chi connectivity index (χ1v) is 7.42. The molecule has 0 aliphatic heterocycles. The maximum absolute atomic E-state index is 12.7. The van der Waals surface area contributed by atoms with Crippen LogP contribution in [0, 0.1) is 0 Å². The number of rotatable bonds is 7. The number of nitrogens with two attached hydrogens (primary N) is 1. The Bertz CT molecular complexity index is 599. The van der Waals surface area contributed by atoms with Crippen molar-refractivity contribution in [3.63, 3.8) is 0 Å². The molecule has 0 aliphatic carbocycles. The molecule has 0 atom stereocenters. The highest BCUT2D eigenvalue weighted by Gasteiger charge is 2.18. The Morgan fingerprint density at radius 3 is 2.41 bits per heavy atom. The van der Waals surface area contributed by atoms with Gasteiger partial charge in [0.1, 0.15) is 5.75 Å². The van der Waals surface area contributed by atoms with E-state index >= 15 is 0 Å². The normalized spacial score (nSPS) is 10.3. The Morgan fingerprint density at radius 1 is 1.05 bits per heavy atom. The third-order valence-electron chi connectivity index (χ3n) is 3.54. The van der Waals surface area contributed by atoms with E-state index in [-0.39, 0.29) is 5.91 Å². The number of carbonyl (C=O) groups excluding carboxylic acids is 1. The molecule has 0 aliphatic rings. The van der Waals surface area contributed by atoms with Gasteiger partial charge in [-0.2, -0.15) is 0 Å². The Labute approximate surface area is 131 Å². The van der Waals surface area contributed by atoms with E-state index in [0.717, 1.165) is 6.42 Å². The summed E-state index contributed by atoms with van der Waals surface area (Å²) in [6.45, 7) is 1.61. The van der Waals surface area contributed by atoms with E-state index in [0.29, 0.717) is 30.9 Å². The lowest BCUT2D eigenvalue weighted by molar-refractivity contribution is 0.0758. The molecule has 4 nitrogen and oxygen atoms in total. The first kappa shape index (κ1) is 16.0. The van der Waals surface area contributed by atoms with Gasteiger partial charge < -0.3 is 15.4 Å². The Morgan fingerprint density at radius 2 is 1.73 bits per heavy atom. The standard InChI is InChI=1S/C18H22N2O2/c1-22-17-10-6-5-9-16(17)18(21)20(14-12-19)13-11-15-7-3-2-4-8-15/h2-10H,11-14,19H2,1H3. The molecule has 116 valence electrons. The summed E-state index contributed by atoms with van der Waals surface area (Å²) < 4.78 is 5.28. The Hall–Kier alpha value is -2.33. The number of carbonyl (C=O) groups is 1. The van der Waals surface area contributed by atoms with Crippen LogP contribution in [0.25, 0.3) is 0 Å². The summed E-state index contributed by atoms with van der Waals surface area (Å²) >= 11 is 0. The van der Waals surface area contributed by atoms with Gasteiger partial charge in [0.2, 0.25) is 0 Å². The van der Waals surface area contributed by atoms with E-state index < -0.39 is 0 Å². The minimum absolute atomic E-state index is 0.0427. The lowest BCUT2D eigenvalue weighted by atomic mass is 10.1. The number of nitrogens with zero attached hydrogens (tertiary/aromatic N) is 1. The molecular formula is C18H22N2O2. The number of ether oxygens (including phenoxy) is 1. The van der Waals surface area contributed by atoms with E-state index in [2.05, 4.69) is 12.1 Å². The van der Waals surface area contributed by atoms with Gasteiger partial charge in [-0.3, -0.25) is 4.79 Å². The fourth-order valence-electron chi connectivity index (χ4n) is 2.37. The van der Waals surface area contributed by atoms with Gasteiger partial charge in [-0.1, -0.05) is 42.5 Å². The second kappa shape index (κ2) is 8.20. The molecule has 2 aromatic carbocycles. The molecular weight excluding hydrogens is 276 g/mol. The average molecular weight is 298 g/mol. The molecule has 0 spiro atoms. The highest BCUT2D eigenvalue weighted by molar-refractivity contribution is 5.97. The number of para-hydroxylation sites is 1. The molecule has 0 unspecified atom stereocenters. The van der Waals surface area contributed by atoms with Gasteiger partial charge >= 0.3 is 0 Å². The molecule has 0 aromatic heterocycles. The van der Waals surface area contributed by atoms with Gasteiger partial charge in [-0.15, -0.1) is 0 Å². The minimum Gasteiger partial charge on any atom is -0.496 e. The van der Waals surface area contributed by atoms with Gasteiger partial charge in [-0.25, -0.2) is 0 Å². The quantitative estimate of drug-likeness (QED) is 0.853. The molecule has 4 heteroatoms. The van der Waals surface area contributed by atoms with Crippen LogP contribution in [-0.2, 0) is 6.42 Å². The first-order chi connectivity index (χ1) is 10.8. The third-order valence-corrected chi connectivity index (χ3v) is 3.54. The van der Waals surface area contributed by atoms with Crippen LogP contribution < -0.4 is 10.5 Å². The summed E-state index contributed by atoms with van der Waals surface area (Å²) in [5.41, 5.74) is 7.44. The monoisotopic (exact) mass is 298 g/mol. The van der Waals surface area contributed by atoms with Crippen molar-refractivity contribution in [1.82, 2.24) is 4.90 Å². The van der Waals surface area contributed by atoms with Crippen molar-refractivity contribution >= 4 is 5.91 Å². The molecule has 2 rings (SSSR count). The van der Waals surface area contributed by atoms with E-state index in [1.54, 1.807) is 24.1 Å². The number of hydrogen-bond acceptors (Lipinski definition) is 3. The molecule has 2 N–H and O–H groups in total. The van der Waals surface area contributed by atoms with Crippen LogP contribution in [0.3, 0.4) is 0 Å². The van der Waals surface area contributed by atoms with Crippen molar-refractivity contribution in [3.8, 4) is 5.75 Å². The first-order valence-electron chi connectivity index (χ1n) is 7.42. The van der Waals surface area contributed by atoms with Crippen LogP contribution in [0.4, 0.5) is 0 Å². The van der Waals surface area contributed by atoms with Crippen molar-refractivity contribution < 1.29 is 9.53 Å². The van der Waals surface area contributed by atoms with Crippen molar-refractivity contribution in [1.29, 1.82) is 0 Å². The highest BCUT2D eigenvalue weighted by Crippen LogP contribution is 2.19. The van der Waals surface area contributed by atoms with Crippen LogP contribution in [0.1, 0.15) is 15.9 Å². The van der Waals surface area contributed by atoms with Gasteiger partial charge in [0.25, 0.3) is 5.91 Å². The average Bonchev–Trinajstić information content (AvgIpc) is 2.59. The number of methoxy groups -OCH3 is 1. The highest BCUT2D eigenvalue weighted by atomic mass is 16.5. The molecule has 0 saturated heterocycles. The van der Waals surface area contributed by atoms with Crippen LogP contribution in [0.5, 0.6) is 5.75 Å². The fourth-order valence-corrected chi connectivity index (χ4v) is 2.37. The predicted octanol–water partition coefficient (Wildman–Crippen LogP) is 2.34. The zero-order valence-corrected chi connectivity index (χ0v) is 12.9. The molecule has 1 amide bonds. The maximum Gasteiger partial charge on any atom is 0.257 e. The SMILES string of the molecule is COc1ccccc1C(=O)N(CCN)CCc1ccccc1. The van der Waals surface area contributed by atoms with Gasteiger partial charge in [-0.05, 0) is 24.1 Å². The number of amides is 1. The summed E-state index contributed by atoms with van der Waals surface area (Å²) in [5, 5.41) is 0. The summed E-state index contributed by atoms with van der Waals surface area (Å²) in [4.78, 5) is 14.5. The summed E-state index contributed by atoms with van der Waals surface area (Å²) in [6.07, 6.45) is 0.807. The molecule has 0 bridgehead atoms. The van der Waals surface area contributed by atoms with Crippen molar-refractivity contribution in [2.75, 3.05) is 26.7 Å². The van der Waals surface area contributed by atoms with Crippen LogP contribution in [-0.4, -0.2) is 37.6 Å². The molecule has 22 heavy (non-hydrogen) atoms. The van der Waals surface area contributed by atoms with Crippen LogP contribution >= 0.6 is 0 Å². The fraction of sp³-hybridized carbons (Fsp3) is 0.278. The van der Waals surface area contributed by atoms with Crippen molar-refractivity contribution in [2.24, 2.45) is 5.73 Å². The maximum atomic E-state index is 12.7. The van der Waals surface area contributed by atoms with E-state index in [9.17, 15) is 4.79 Å². The second-order valence-corrected chi connectivity index (χ2v) is 5.02. The summed E-state index contributed by atoms with van der Waals surface area (Å²) in [6, 6.07) is 17.4. The van der Waals surface area contributed by atoms with Crippen molar-refractivity contribution in [3.05, 3.63) is 65.7 Å². The Kier molecular flexibility index (Phi) is 5.98. The minimum atomic E-state index is -0.0427. The molecule has 0 saturated carbocycles. The molecule has 0 fully saturated rings. The lowest BCUT2D eigenvalue weighted by Crippen LogP contribution is -2.37. The zero-order chi connectivity index (χ0) is 15.8. The van der Waals surface area contributed by atoms with Crippen LogP contribution in [0.15, 0.2) is 54.6 Å². The van der Waals surface area contributed by atoms with Gasteiger partial charge in [0.15, 0.2) is 0 Å². The topological polar surface area (TPSA) is 55.6 Å². The van der Waals surface area contributed by atoms with E-state index in [4.69, 9.17) is 10.5 Å². The van der Waals surface area contributed by atoms with E-state index in [1.165, 1.54) is 5.56 Å².